The Balaban J connectivity index is 2.85. The molecule has 110 valence electrons. The van der Waals surface area contributed by atoms with Gasteiger partial charge in [0.15, 0.2) is 0 Å². The molecule has 0 aliphatic rings. The van der Waals surface area contributed by atoms with Gasteiger partial charge in [0.2, 0.25) is 5.91 Å². The molecular weight excluding hydrogens is 254 g/mol. The number of amides is 1. The van der Waals surface area contributed by atoms with E-state index in [1.807, 2.05) is 37.3 Å². The maximum Gasteiger partial charge on any atom is 0.331 e. The number of carbonyl (C=O) groups is 2. The fourth-order valence-electron chi connectivity index (χ4n) is 2.23. The predicted octanol–water partition coefficient (Wildman–Crippen LogP) is 2.47. The van der Waals surface area contributed by atoms with Crippen LogP contribution < -0.4 is 5.32 Å². The van der Waals surface area contributed by atoms with Crippen LogP contribution in [0.4, 0.5) is 0 Å². The highest BCUT2D eigenvalue weighted by molar-refractivity contribution is 5.87. The second kappa shape index (κ2) is 7.68. The van der Waals surface area contributed by atoms with E-state index in [2.05, 4.69) is 5.32 Å². The third kappa shape index (κ3) is 4.37. The molecule has 0 spiro atoms. The van der Waals surface area contributed by atoms with E-state index in [0.29, 0.717) is 25.9 Å². The zero-order valence-corrected chi connectivity index (χ0v) is 12.4. The standard InChI is InChI=1S/C16H23NO3/c1-4-16(17-13(3)18,15(19)20-5-2)12-11-14-9-7-6-8-10-14/h6-10H,4-5,11-12H2,1-3H3,(H,17,18). The van der Waals surface area contributed by atoms with Crippen LogP contribution in [0, 0.1) is 0 Å². The molecule has 1 aromatic carbocycles. The van der Waals surface area contributed by atoms with Crippen LogP contribution in [0.2, 0.25) is 0 Å². The van der Waals surface area contributed by atoms with Gasteiger partial charge in [-0.25, -0.2) is 4.79 Å². The fourth-order valence-corrected chi connectivity index (χ4v) is 2.23. The van der Waals surface area contributed by atoms with E-state index in [-0.39, 0.29) is 11.9 Å². The molecule has 0 aliphatic carbocycles. The third-order valence-corrected chi connectivity index (χ3v) is 3.37. The lowest BCUT2D eigenvalue weighted by Gasteiger charge is -2.31. The SMILES string of the molecule is CCOC(=O)C(CC)(CCc1ccccc1)NC(C)=O. The quantitative estimate of drug-likeness (QED) is 0.779. The van der Waals surface area contributed by atoms with E-state index < -0.39 is 5.54 Å². The van der Waals surface area contributed by atoms with Crippen molar-refractivity contribution >= 4 is 11.9 Å². The van der Waals surface area contributed by atoms with Crippen molar-refractivity contribution in [2.24, 2.45) is 0 Å². The minimum Gasteiger partial charge on any atom is -0.464 e. The van der Waals surface area contributed by atoms with Crippen molar-refractivity contribution in [1.29, 1.82) is 0 Å². The first kappa shape index (κ1) is 16.2. The second-order valence-corrected chi connectivity index (χ2v) is 4.82. The maximum absolute atomic E-state index is 12.2. The number of hydrogen-bond donors (Lipinski definition) is 1. The van der Waals surface area contributed by atoms with Gasteiger partial charge in [-0.1, -0.05) is 37.3 Å². The highest BCUT2D eigenvalue weighted by Gasteiger charge is 2.38. The molecule has 1 atom stereocenters. The topological polar surface area (TPSA) is 55.4 Å². The van der Waals surface area contributed by atoms with Gasteiger partial charge in [-0.05, 0) is 31.7 Å². The summed E-state index contributed by atoms with van der Waals surface area (Å²) in [6, 6.07) is 9.91. The number of esters is 1. The molecule has 1 unspecified atom stereocenters. The molecule has 1 N–H and O–H groups in total. The van der Waals surface area contributed by atoms with Gasteiger partial charge in [-0.2, -0.15) is 0 Å². The van der Waals surface area contributed by atoms with Crippen molar-refractivity contribution in [3.05, 3.63) is 35.9 Å². The van der Waals surface area contributed by atoms with Crippen LogP contribution in [0.1, 0.15) is 39.2 Å². The van der Waals surface area contributed by atoms with Gasteiger partial charge < -0.3 is 10.1 Å². The zero-order valence-electron chi connectivity index (χ0n) is 12.4. The van der Waals surface area contributed by atoms with Crippen LogP contribution in [0.15, 0.2) is 30.3 Å². The number of nitrogens with one attached hydrogen (secondary N) is 1. The van der Waals surface area contributed by atoms with E-state index in [1.54, 1.807) is 6.92 Å². The number of ether oxygens (including phenoxy) is 1. The molecule has 0 saturated heterocycles. The molecular formula is C16H23NO3. The highest BCUT2D eigenvalue weighted by Crippen LogP contribution is 2.21. The maximum atomic E-state index is 12.2. The summed E-state index contributed by atoms with van der Waals surface area (Å²) >= 11 is 0. The second-order valence-electron chi connectivity index (χ2n) is 4.82. The Kier molecular flexibility index (Phi) is 6.22. The molecule has 4 nitrogen and oxygen atoms in total. The van der Waals surface area contributed by atoms with Gasteiger partial charge in [-0.15, -0.1) is 0 Å². The summed E-state index contributed by atoms with van der Waals surface area (Å²) in [5.74, 6) is -0.568. The average molecular weight is 277 g/mol. The Labute approximate surface area is 120 Å². The molecule has 1 rings (SSSR count). The van der Waals surface area contributed by atoms with Gasteiger partial charge in [-0.3, -0.25) is 4.79 Å². The van der Waals surface area contributed by atoms with E-state index in [0.717, 1.165) is 5.56 Å². The van der Waals surface area contributed by atoms with E-state index in [4.69, 9.17) is 4.74 Å². The summed E-state index contributed by atoms with van der Waals surface area (Å²) in [4.78, 5) is 23.6. The number of aryl methyl sites for hydroxylation is 1. The van der Waals surface area contributed by atoms with Crippen molar-refractivity contribution in [2.75, 3.05) is 6.61 Å². The van der Waals surface area contributed by atoms with E-state index in [9.17, 15) is 9.59 Å². The third-order valence-electron chi connectivity index (χ3n) is 3.37. The highest BCUT2D eigenvalue weighted by atomic mass is 16.5. The molecule has 0 aliphatic heterocycles. The molecule has 1 aromatic rings. The number of rotatable bonds is 7. The van der Waals surface area contributed by atoms with E-state index in [1.165, 1.54) is 6.92 Å². The molecule has 0 saturated carbocycles. The Bertz CT molecular complexity index is 444. The van der Waals surface area contributed by atoms with E-state index >= 15 is 0 Å². The summed E-state index contributed by atoms with van der Waals surface area (Å²) in [6.45, 7) is 5.39. The zero-order chi connectivity index (χ0) is 15.0. The van der Waals surface area contributed by atoms with Gasteiger partial charge >= 0.3 is 5.97 Å². The van der Waals surface area contributed by atoms with Crippen LogP contribution >= 0.6 is 0 Å². The summed E-state index contributed by atoms with van der Waals surface area (Å²) < 4.78 is 5.13. The predicted molar refractivity (Wildman–Crippen MR) is 78.2 cm³/mol. The van der Waals surface area contributed by atoms with Gasteiger partial charge in [0.25, 0.3) is 0 Å². The Morgan fingerprint density at radius 2 is 1.85 bits per heavy atom. The Morgan fingerprint density at radius 3 is 2.35 bits per heavy atom. The van der Waals surface area contributed by atoms with Gasteiger partial charge in [0.05, 0.1) is 6.61 Å². The smallest absolute Gasteiger partial charge is 0.331 e. The minimum atomic E-state index is -0.933. The average Bonchev–Trinajstić information content (AvgIpc) is 2.44. The molecule has 0 bridgehead atoms. The molecule has 4 heteroatoms. The lowest BCUT2D eigenvalue weighted by molar-refractivity contribution is -0.153. The molecule has 0 radical (unpaired) electrons. The largest absolute Gasteiger partial charge is 0.464 e. The van der Waals surface area contributed by atoms with Crippen LogP contribution in [-0.4, -0.2) is 24.0 Å². The Morgan fingerprint density at radius 1 is 1.20 bits per heavy atom. The Hall–Kier alpha value is -1.84. The first-order valence-electron chi connectivity index (χ1n) is 7.04. The number of carbonyl (C=O) groups excluding carboxylic acids is 2. The van der Waals surface area contributed by atoms with Crippen LogP contribution in [-0.2, 0) is 20.7 Å². The van der Waals surface area contributed by atoms with Crippen molar-refractivity contribution in [3.63, 3.8) is 0 Å². The fraction of sp³-hybridized carbons (Fsp3) is 0.500. The van der Waals surface area contributed by atoms with Crippen LogP contribution in [0.5, 0.6) is 0 Å². The molecule has 20 heavy (non-hydrogen) atoms. The molecule has 0 fully saturated rings. The summed E-state index contributed by atoms with van der Waals surface area (Å²) in [5.41, 5.74) is 0.206. The normalized spacial score (nSPS) is 13.3. The lowest BCUT2D eigenvalue weighted by Crippen LogP contribution is -2.54. The lowest BCUT2D eigenvalue weighted by atomic mass is 9.88. The van der Waals surface area contributed by atoms with Crippen LogP contribution in [0.25, 0.3) is 0 Å². The number of benzene rings is 1. The number of hydrogen-bond acceptors (Lipinski definition) is 3. The molecule has 1 amide bonds. The van der Waals surface area contributed by atoms with Crippen molar-refractivity contribution in [2.45, 2.75) is 45.6 Å². The summed E-state index contributed by atoms with van der Waals surface area (Å²) in [7, 11) is 0. The first-order chi connectivity index (χ1) is 9.54. The van der Waals surface area contributed by atoms with Gasteiger partial charge in [0.1, 0.15) is 5.54 Å². The minimum absolute atomic E-state index is 0.215. The van der Waals surface area contributed by atoms with Crippen LogP contribution in [0.3, 0.4) is 0 Å². The monoisotopic (exact) mass is 277 g/mol. The van der Waals surface area contributed by atoms with Gasteiger partial charge in [0, 0.05) is 6.92 Å². The molecule has 0 aromatic heterocycles. The van der Waals surface area contributed by atoms with Crippen molar-refractivity contribution in [1.82, 2.24) is 5.32 Å². The first-order valence-corrected chi connectivity index (χ1v) is 7.04. The van der Waals surface area contributed by atoms with Crippen molar-refractivity contribution < 1.29 is 14.3 Å². The van der Waals surface area contributed by atoms with Crippen molar-refractivity contribution in [3.8, 4) is 0 Å². The summed E-state index contributed by atoms with van der Waals surface area (Å²) in [6.07, 6.45) is 1.76. The summed E-state index contributed by atoms with van der Waals surface area (Å²) in [5, 5.41) is 2.78. The molecule has 0 heterocycles.